The molecule has 2 rings (SSSR count). The van der Waals surface area contributed by atoms with Gasteiger partial charge in [0.15, 0.2) is 0 Å². The lowest BCUT2D eigenvalue weighted by Crippen LogP contribution is -2.33. The Hall–Kier alpha value is -1.88. The first-order valence-corrected chi connectivity index (χ1v) is 7.90. The second-order valence-electron chi connectivity index (χ2n) is 6.09. The van der Waals surface area contributed by atoms with Crippen LogP contribution in [0.2, 0.25) is 0 Å². The highest BCUT2D eigenvalue weighted by atomic mass is 16.2. The van der Waals surface area contributed by atoms with Crippen LogP contribution < -0.4 is 10.6 Å². The third-order valence-electron chi connectivity index (χ3n) is 3.94. The molecule has 1 aromatic carbocycles. The summed E-state index contributed by atoms with van der Waals surface area (Å²) in [6.45, 7) is 1.41. The van der Waals surface area contributed by atoms with E-state index in [4.69, 9.17) is 0 Å². The Morgan fingerprint density at radius 1 is 1.05 bits per heavy atom. The Kier molecular flexibility index (Phi) is 5.95. The average Bonchev–Trinajstić information content (AvgIpc) is 3.00. The maximum Gasteiger partial charge on any atom is 0.251 e. The van der Waals surface area contributed by atoms with E-state index in [1.807, 2.05) is 19.0 Å². The Bertz CT molecular complexity index is 505. The molecule has 0 unspecified atom stereocenters. The number of benzene rings is 1. The van der Waals surface area contributed by atoms with Crippen LogP contribution in [0.4, 0.5) is 0 Å². The van der Waals surface area contributed by atoms with E-state index < -0.39 is 0 Å². The van der Waals surface area contributed by atoms with Crippen molar-refractivity contribution in [2.45, 2.75) is 31.7 Å². The number of hydrogen-bond donors (Lipinski definition) is 2. The zero-order chi connectivity index (χ0) is 15.9. The molecule has 0 atom stereocenters. The van der Waals surface area contributed by atoms with E-state index in [1.54, 1.807) is 24.3 Å². The van der Waals surface area contributed by atoms with Gasteiger partial charge in [-0.15, -0.1) is 0 Å². The first kappa shape index (κ1) is 16.5. The van der Waals surface area contributed by atoms with Crippen molar-refractivity contribution in [3.05, 3.63) is 35.4 Å². The molecule has 2 amide bonds. The minimum Gasteiger partial charge on any atom is -0.351 e. The van der Waals surface area contributed by atoms with Crippen molar-refractivity contribution in [3.8, 4) is 0 Å². The second kappa shape index (κ2) is 7.94. The van der Waals surface area contributed by atoms with E-state index in [1.165, 1.54) is 12.8 Å². The summed E-state index contributed by atoms with van der Waals surface area (Å²) in [7, 11) is 3.92. The van der Waals surface area contributed by atoms with Gasteiger partial charge >= 0.3 is 0 Å². The van der Waals surface area contributed by atoms with Crippen LogP contribution in [0.15, 0.2) is 24.3 Å². The maximum atomic E-state index is 12.1. The molecule has 0 aliphatic heterocycles. The number of amides is 2. The number of nitrogens with one attached hydrogen (secondary N) is 2. The number of nitrogens with zero attached hydrogens (tertiary/aromatic N) is 1. The molecule has 2 N–H and O–H groups in total. The molecule has 0 aromatic heterocycles. The van der Waals surface area contributed by atoms with E-state index >= 15 is 0 Å². The van der Waals surface area contributed by atoms with Gasteiger partial charge in [0, 0.05) is 30.3 Å². The smallest absolute Gasteiger partial charge is 0.251 e. The SMILES string of the molecule is CN(C)CCNC(=O)c1ccc(C(=O)NC2CCCC2)cc1. The van der Waals surface area contributed by atoms with Crippen molar-refractivity contribution in [1.29, 1.82) is 0 Å². The third kappa shape index (κ3) is 4.84. The number of likely N-dealkylation sites (N-methyl/N-ethyl adjacent to an activating group) is 1. The van der Waals surface area contributed by atoms with Gasteiger partial charge in [-0.05, 0) is 51.2 Å². The summed E-state index contributed by atoms with van der Waals surface area (Å²) in [5, 5.41) is 5.90. The van der Waals surface area contributed by atoms with Crippen LogP contribution >= 0.6 is 0 Å². The molecule has 1 saturated carbocycles. The number of rotatable bonds is 6. The Morgan fingerprint density at radius 2 is 1.59 bits per heavy atom. The van der Waals surface area contributed by atoms with Crippen molar-refractivity contribution in [2.75, 3.05) is 27.2 Å². The molecule has 0 heterocycles. The first-order valence-electron chi connectivity index (χ1n) is 7.90. The van der Waals surface area contributed by atoms with Crippen LogP contribution in [0.3, 0.4) is 0 Å². The molecule has 22 heavy (non-hydrogen) atoms. The van der Waals surface area contributed by atoms with Crippen molar-refractivity contribution < 1.29 is 9.59 Å². The summed E-state index contributed by atoms with van der Waals surface area (Å²) in [6, 6.07) is 7.14. The van der Waals surface area contributed by atoms with Gasteiger partial charge in [0.25, 0.3) is 11.8 Å². The van der Waals surface area contributed by atoms with E-state index in [0.29, 0.717) is 23.7 Å². The Balaban J connectivity index is 1.86. The molecular weight excluding hydrogens is 278 g/mol. The zero-order valence-corrected chi connectivity index (χ0v) is 13.4. The molecule has 1 aromatic rings. The number of hydrogen-bond acceptors (Lipinski definition) is 3. The standard InChI is InChI=1S/C17H25N3O2/c1-20(2)12-11-18-16(21)13-7-9-14(10-8-13)17(22)19-15-5-3-4-6-15/h7-10,15H,3-6,11-12H2,1-2H3,(H,18,21)(H,19,22). The molecule has 5 nitrogen and oxygen atoms in total. The number of carbonyl (C=O) groups is 2. The summed E-state index contributed by atoms with van der Waals surface area (Å²) in [6.07, 6.45) is 4.52. The number of carbonyl (C=O) groups excluding carboxylic acids is 2. The first-order chi connectivity index (χ1) is 10.6. The van der Waals surface area contributed by atoms with Gasteiger partial charge in [-0.1, -0.05) is 12.8 Å². The van der Waals surface area contributed by atoms with Gasteiger partial charge in [-0.3, -0.25) is 9.59 Å². The Morgan fingerprint density at radius 3 is 2.14 bits per heavy atom. The van der Waals surface area contributed by atoms with E-state index in [-0.39, 0.29) is 11.8 Å². The fraction of sp³-hybridized carbons (Fsp3) is 0.529. The zero-order valence-electron chi connectivity index (χ0n) is 13.4. The molecule has 120 valence electrons. The minimum atomic E-state index is -0.107. The van der Waals surface area contributed by atoms with Crippen LogP contribution in [0.1, 0.15) is 46.4 Å². The van der Waals surface area contributed by atoms with E-state index in [9.17, 15) is 9.59 Å². The highest BCUT2D eigenvalue weighted by Crippen LogP contribution is 2.18. The highest BCUT2D eigenvalue weighted by Gasteiger charge is 2.18. The summed E-state index contributed by atoms with van der Waals surface area (Å²) in [5.41, 5.74) is 1.19. The molecule has 0 radical (unpaired) electrons. The molecule has 0 saturated heterocycles. The average molecular weight is 303 g/mol. The van der Waals surface area contributed by atoms with Crippen LogP contribution in [-0.4, -0.2) is 49.9 Å². The fourth-order valence-corrected chi connectivity index (χ4v) is 2.61. The molecule has 0 bridgehead atoms. The quantitative estimate of drug-likeness (QED) is 0.840. The lowest BCUT2D eigenvalue weighted by Gasteiger charge is -2.12. The fourth-order valence-electron chi connectivity index (χ4n) is 2.61. The third-order valence-corrected chi connectivity index (χ3v) is 3.94. The van der Waals surface area contributed by atoms with Gasteiger partial charge in [0.1, 0.15) is 0 Å². The monoisotopic (exact) mass is 303 g/mol. The lowest BCUT2D eigenvalue weighted by molar-refractivity contribution is 0.0930. The predicted octanol–water partition coefficient (Wildman–Crippen LogP) is 1.65. The van der Waals surface area contributed by atoms with Crippen LogP contribution in [0.25, 0.3) is 0 Å². The summed E-state index contributed by atoms with van der Waals surface area (Å²) < 4.78 is 0. The van der Waals surface area contributed by atoms with Crippen molar-refractivity contribution >= 4 is 11.8 Å². The van der Waals surface area contributed by atoms with Crippen LogP contribution in [-0.2, 0) is 0 Å². The van der Waals surface area contributed by atoms with Gasteiger partial charge in [-0.25, -0.2) is 0 Å². The van der Waals surface area contributed by atoms with Gasteiger partial charge in [0.2, 0.25) is 0 Å². The van der Waals surface area contributed by atoms with Gasteiger partial charge in [0.05, 0.1) is 0 Å². The highest BCUT2D eigenvalue weighted by molar-refractivity contribution is 5.97. The molecule has 1 aliphatic carbocycles. The summed E-state index contributed by atoms with van der Waals surface area (Å²) in [5.74, 6) is -0.156. The van der Waals surface area contributed by atoms with Crippen molar-refractivity contribution in [2.24, 2.45) is 0 Å². The van der Waals surface area contributed by atoms with Gasteiger partial charge < -0.3 is 15.5 Å². The van der Waals surface area contributed by atoms with Gasteiger partial charge in [-0.2, -0.15) is 0 Å². The van der Waals surface area contributed by atoms with Crippen molar-refractivity contribution in [3.63, 3.8) is 0 Å². The minimum absolute atomic E-state index is 0.0496. The topological polar surface area (TPSA) is 61.4 Å². The van der Waals surface area contributed by atoms with E-state index in [2.05, 4.69) is 10.6 Å². The van der Waals surface area contributed by atoms with Crippen molar-refractivity contribution in [1.82, 2.24) is 15.5 Å². The summed E-state index contributed by atoms with van der Waals surface area (Å²) >= 11 is 0. The molecule has 1 fully saturated rings. The normalized spacial score (nSPS) is 15.0. The molecule has 5 heteroatoms. The molecular formula is C17H25N3O2. The second-order valence-corrected chi connectivity index (χ2v) is 6.09. The lowest BCUT2D eigenvalue weighted by atomic mass is 10.1. The predicted molar refractivity (Wildman–Crippen MR) is 87.1 cm³/mol. The summed E-state index contributed by atoms with van der Waals surface area (Å²) in [4.78, 5) is 26.1. The molecule has 1 aliphatic rings. The van der Waals surface area contributed by atoms with Crippen LogP contribution in [0, 0.1) is 0 Å². The molecule has 0 spiro atoms. The largest absolute Gasteiger partial charge is 0.351 e. The van der Waals surface area contributed by atoms with E-state index in [0.717, 1.165) is 19.4 Å². The van der Waals surface area contributed by atoms with Crippen LogP contribution in [0.5, 0.6) is 0 Å². The Labute approximate surface area is 132 Å². The maximum absolute atomic E-state index is 12.1.